The highest BCUT2D eigenvalue weighted by atomic mass is 35.5. The molecule has 1 amide bonds. The van der Waals surface area contributed by atoms with Gasteiger partial charge in [0.2, 0.25) is 5.91 Å². The predicted molar refractivity (Wildman–Crippen MR) is 101 cm³/mol. The van der Waals surface area contributed by atoms with E-state index in [9.17, 15) is 4.79 Å². The first-order valence-electron chi connectivity index (χ1n) is 7.21. The van der Waals surface area contributed by atoms with Gasteiger partial charge in [0.1, 0.15) is 0 Å². The molecule has 0 unspecified atom stereocenters. The van der Waals surface area contributed by atoms with Crippen LogP contribution in [0.15, 0.2) is 60.7 Å². The van der Waals surface area contributed by atoms with Crippen molar-refractivity contribution >= 4 is 46.6 Å². The second kappa shape index (κ2) is 8.46. The van der Waals surface area contributed by atoms with Crippen molar-refractivity contribution in [2.45, 2.75) is 6.92 Å². The van der Waals surface area contributed by atoms with Crippen molar-refractivity contribution in [3.05, 3.63) is 71.3 Å². The molecular formula is C18H17ClN2OS. The fourth-order valence-electron chi connectivity index (χ4n) is 2.01. The third-order valence-corrected chi connectivity index (χ3v) is 3.73. The summed E-state index contributed by atoms with van der Waals surface area (Å²) in [7, 11) is 0. The zero-order chi connectivity index (χ0) is 16.7. The number of hydrogen-bond acceptors (Lipinski definition) is 2. The summed E-state index contributed by atoms with van der Waals surface area (Å²) in [6.07, 6.45) is 3.17. The van der Waals surface area contributed by atoms with E-state index in [1.165, 1.54) is 6.08 Å². The van der Waals surface area contributed by atoms with Crippen LogP contribution in [-0.4, -0.2) is 17.6 Å². The van der Waals surface area contributed by atoms with Gasteiger partial charge in [-0.25, -0.2) is 0 Å². The monoisotopic (exact) mass is 344 g/mol. The molecule has 0 atom stereocenters. The van der Waals surface area contributed by atoms with Crippen molar-refractivity contribution in [2.24, 2.45) is 0 Å². The second-order valence-corrected chi connectivity index (χ2v) is 5.58. The van der Waals surface area contributed by atoms with Crippen LogP contribution in [0.1, 0.15) is 12.5 Å². The van der Waals surface area contributed by atoms with Crippen molar-refractivity contribution in [3.63, 3.8) is 0 Å². The van der Waals surface area contributed by atoms with E-state index >= 15 is 0 Å². The summed E-state index contributed by atoms with van der Waals surface area (Å²) < 4.78 is 0. The van der Waals surface area contributed by atoms with Gasteiger partial charge >= 0.3 is 0 Å². The fraction of sp³-hybridized carbons (Fsp3) is 0.111. The molecule has 0 saturated heterocycles. The van der Waals surface area contributed by atoms with Gasteiger partial charge in [-0.3, -0.25) is 10.1 Å². The Morgan fingerprint density at radius 1 is 1.17 bits per heavy atom. The van der Waals surface area contributed by atoms with Crippen LogP contribution in [0.2, 0.25) is 5.02 Å². The molecule has 2 rings (SSSR count). The van der Waals surface area contributed by atoms with Crippen LogP contribution in [0.5, 0.6) is 0 Å². The molecule has 0 heterocycles. The molecule has 2 aromatic rings. The van der Waals surface area contributed by atoms with Crippen molar-refractivity contribution in [1.29, 1.82) is 0 Å². The highest BCUT2D eigenvalue weighted by molar-refractivity contribution is 7.80. The molecule has 0 aromatic heterocycles. The SMILES string of the molecule is CCN(C(=S)NC(=O)C=Cc1ccc(Cl)cc1)c1ccccc1. The summed E-state index contributed by atoms with van der Waals surface area (Å²) in [6.45, 7) is 2.65. The maximum Gasteiger partial charge on any atom is 0.250 e. The number of anilines is 1. The van der Waals surface area contributed by atoms with E-state index in [0.29, 0.717) is 16.7 Å². The Morgan fingerprint density at radius 3 is 2.43 bits per heavy atom. The minimum Gasteiger partial charge on any atom is -0.319 e. The van der Waals surface area contributed by atoms with Gasteiger partial charge < -0.3 is 4.90 Å². The van der Waals surface area contributed by atoms with Gasteiger partial charge in [-0.15, -0.1) is 0 Å². The topological polar surface area (TPSA) is 32.3 Å². The van der Waals surface area contributed by atoms with Gasteiger partial charge in [0.25, 0.3) is 0 Å². The summed E-state index contributed by atoms with van der Waals surface area (Å²) >= 11 is 11.1. The number of amides is 1. The lowest BCUT2D eigenvalue weighted by Crippen LogP contribution is -2.42. The average Bonchev–Trinajstić information content (AvgIpc) is 2.56. The highest BCUT2D eigenvalue weighted by Crippen LogP contribution is 2.13. The molecule has 0 fully saturated rings. The summed E-state index contributed by atoms with van der Waals surface area (Å²) in [4.78, 5) is 13.9. The normalized spacial score (nSPS) is 10.5. The van der Waals surface area contributed by atoms with Crippen LogP contribution < -0.4 is 10.2 Å². The van der Waals surface area contributed by atoms with Crippen LogP contribution in [0, 0.1) is 0 Å². The minimum absolute atomic E-state index is 0.265. The number of benzene rings is 2. The van der Waals surface area contributed by atoms with E-state index in [-0.39, 0.29) is 5.91 Å². The van der Waals surface area contributed by atoms with Crippen LogP contribution in [0.25, 0.3) is 6.08 Å². The van der Waals surface area contributed by atoms with E-state index < -0.39 is 0 Å². The zero-order valence-corrected chi connectivity index (χ0v) is 14.3. The molecule has 2 aromatic carbocycles. The second-order valence-electron chi connectivity index (χ2n) is 4.76. The first-order chi connectivity index (χ1) is 11.1. The maximum absolute atomic E-state index is 12.0. The maximum atomic E-state index is 12.0. The van der Waals surface area contributed by atoms with Gasteiger partial charge in [0.05, 0.1) is 0 Å². The molecule has 3 nitrogen and oxygen atoms in total. The Morgan fingerprint density at radius 2 is 1.83 bits per heavy atom. The van der Waals surface area contributed by atoms with E-state index in [1.54, 1.807) is 18.2 Å². The van der Waals surface area contributed by atoms with E-state index in [2.05, 4.69) is 5.32 Å². The van der Waals surface area contributed by atoms with Gasteiger partial charge in [0, 0.05) is 23.3 Å². The fourth-order valence-corrected chi connectivity index (χ4v) is 2.47. The van der Waals surface area contributed by atoms with Gasteiger partial charge in [-0.2, -0.15) is 0 Å². The summed E-state index contributed by atoms with van der Waals surface area (Å²) in [6, 6.07) is 16.9. The van der Waals surface area contributed by atoms with Crippen LogP contribution in [0.4, 0.5) is 5.69 Å². The molecule has 0 aliphatic rings. The molecule has 0 bridgehead atoms. The molecule has 118 valence electrons. The summed E-state index contributed by atoms with van der Waals surface area (Å²) in [5.41, 5.74) is 1.84. The quantitative estimate of drug-likeness (QED) is 0.663. The van der Waals surface area contributed by atoms with Gasteiger partial charge in [-0.05, 0) is 55.0 Å². The summed E-state index contributed by atoms with van der Waals surface area (Å²) in [5.74, 6) is -0.265. The molecule has 1 N–H and O–H groups in total. The van der Waals surface area contributed by atoms with Crippen LogP contribution >= 0.6 is 23.8 Å². The Hall–Kier alpha value is -2.17. The first-order valence-corrected chi connectivity index (χ1v) is 8.00. The number of nitrogens with zero attached hydrogens (tertiary/aromatic N) is 1. The predicted octanol–water partition coefficient (Wildman–Crippen LogP) is 4.28. The molecular weight excluding hydrogens is 328 g/mol. The summed E-state index contributed by atoms with van der Waals surface area (Å²) in [5, 5.41) is 3.76. The number of rotatable bonds is 4. The standard InChI is InChI=1S/C18H17ClN2OS/c1-2-21(16-6-4-3-5-7-16)18(23)20-17(22)13-10-14-8-11-15(19)12-9-14/h3-13H,2H2,1H3,(H,20,22,23). The minimum atomic E-state index is -0.265. The Balaban J connectivity index is 1.98. The third-order valence-electron chi connectivity index (χ3n) is 3.16. The lowest BCUT2D eigenvalue weighted by molar-refractivity contribution is -0.115. The first kappa shape index (κ1) is 17.2. The molecule has 23 heavy (non-hydrogen) atoms. The average molecular weight is 345 g/mol. The van der Waals surface area contributed by atoms with Crippen molar-refractivity contribution in [3.8, 4) is 0 Å². The molecule has 0 radical (unpaired) electrons. The van der Waals surface area contributed by atoms with Crippen molar-refractivity contribution in [2.75, 3.05) is 11.4 Å². The van der Waals surface area contributed by atoms with E-state index in [1.807, 2.05) is 54.3 Å². The Labute approximate surface area is 146 Å². The van der Waals surface area contributed by atoms with Crippen molar-refractivity contribution in [1.82, 2.24) is 5.32 Å². The van der Waals surface area contributed by atoms with Crippen molar-refractivity contribution < 1.29 is 4.79 Å². The third kappa shape index (κ3) is 5.20. The molecule has 0 spiro atoms. The Kier molecular flexibility index (Phi) is 6.32. The lowest BCUT2D eigenvalue weighted by Gasteiger charge is -2.23. The lowest BCUT2D eigenvalue weighted by atomic mass is 10.2. The zero-order valence-electron chi connectivity index (χ0n) is 12.7. The number of carbonyl (C=O) groups is 1. The number of halogens is 1. The highest BCUT2D eigenvalue weighted by Gasteiger charge is 2.11. The number of nitrogens with one attached hydrogen (secondary N) is 1. The molecule has 0 aliphatic heterocycles. The Bertz CT molecular complexity index is 699. The largest absolute Gasteiger partial charge is 0.319 e. The van der Waals surface area contributed by atoms with Crippen LogP contribution in [0.3, 0.4) is 0 Å². The molecule has 5 heteroatoms. The number of hydrogen-bond donors (Lipinski definition) is 1. The number of para-hydroxylation sites is 1. The van der Waals surface area contributed by atoms with E-state index in [4.69, 9.17) is 23.8 Å². The molecule has 0 saturated carbocycles. The molecule has 0 aliphatic carbocycles. The number of thiocarbonyl (C=S) groups is 1. The van der Waals surface area contributed by atoms with Gasteiger partial charge in [0.15, 0.2) is 5.11 Å². The van der Waals surface area contributed by atoms with E-state index in [0.717, 1.165) is 11.3 Å². The number of carbonyl (C=O) groups excluding carboxylic acids is 1. The van der Waals surface area contributed by atoms with Crippen LogP contribution in [-0.2, 0) is 4.79 Å². The smallest absolute Gasteiger partial charge is 0.250 e. The van der Waals surface area contributed by atoms with Gasteiger partial charge in [-0.1, -0.05) is 41.9 Å².